The number of phenolic OH excluding ortho intramolecular Hbond substituents is 2. The van der Waals surface area contributed by atoms with Gasteiger partial charge in [0.05, 0.1) is 0 Å². The van der Waals surface area contributed by atoms with E-state index in [0.717, 1.165) is 11.1 Å². The van der Waals surface area contributed by atoms with E-state index in [2.05, 4.69) is 0 Å². The van der Waals surface area contributed by atoms with Crippen LogP contribution < -0.4 is 5.11 Å². The number of carboxylic acid groups (broad SMARTS) is 1. The average molecular weight is 313 g/mol. The van der Waals surface area contributed by atoms with Gasteiger partial charge in [0, 0.05) is 11.4 Å². The molecule has 0 heterocycles. The molecule has 0 fully saturated rings. The zero-order valence-electron chi connectivity index (χ0n) is 13.3. The molecule has 1 atom stereocenters. The first-order chi connectivity index (χ1) is 10.9. The summed E-state index contributed by atoms with van der Waals surface area (Å²) in [7, 11) is 0. The van der Waals surface area contributed by atoms with Crippen molar-refractivity contribution in [3.63, 3.8) is 0 Å². The predicted octanol–water partition coefficient (Wildman–Crippen LogP) is 2.57. The highest BCUT2D eigenvalue weighted by molar-refractivity contribution is 5.68. The van der Waals surface area contributed by atoms with Crippen LogP contribution in [0.2, 0.25) is 0 Å². The topological polar surface area (TPSA) is 80.6 Å². The van der Waals surface area contributed by atoms with Crippen molar-refractivity contribution in [1.29, 1.82) is 0 Å². The maximum absolute atomic E-state index is 11.4. The summed E-state index contributed by atoms with van der Waals surface area (Å²) in [5.74, 6) is -1.32. The zero-order valence-corrected chi connectivity index (χ0v) is 13.3. The molecule has 0 spiro atoms. The van der Waals surface area contributed by atoms with E-state index in [0.29, 0.717) is 12.8 Å². The molecule has 2 aromatic carbocycles. The number of rotatable bonds is 6. The second kappa shape index (κ2) is 6.73. The Kier molecular flexibility index (Phi) is 4.94. The fourth-order valence-electron chi connectivity index (χ4n) is 2.95. The van der Waals surface area contributed by atoms with Crippen LogP contribution in [0.15, 0.2) is 48.5 Å². The largest absolute Gasteiger partial charge is 0.550 e. The van der Waals surface area contributed by atoms with Gasteiger partial charge in [0.1, 0.15) is 11.5 Å². The highest BCUT2D eigenvalue weighted by Crippen LogP contribution is 2.39. The second-order valence-corrected chi connectivity index (χ2v) is 6.05. The molecule has 0 aliphatic heterocycles. The molecule has 0 radical (unpaired) electrons. The van der Waals surface area contributed by atoms with Crippen LogP contribution in [0.4, 0.5) is 0 Å². The minimum Gasteiger partial charge on any atom is -0.550 e. The monoisotopic (exact) mass is 313 g/mol. The Labute approximate surface area is 136 Å². The van der Waals surface area contributed by atoms with E-state index in [1.165, 1.54) is 0 Å². The Morgan fingerprint density at radius 2 is 1.39 bits per heavy atom. The molecule has 2 N–H and O–H groups in total. The summed E-state index contributed by atoms with van der Waals surface area (Å²) in [5, 5.41) is 30.4. The molecule has 1 unspecified atom stereocenters. The molecule has 4 heteroatoms. The number of hydrogen-bond donors (Lipinski definition) is 2. The van der Waals surface area contributed by atoms with E-state index in [1.807, 2.05) is 13.8 Å². The van der Waals surface area contributed by atoms with Crippen LogP contribution in [0, 0.1) is 5.92 Å². The standard InChI is InChI=1S/C19H22O4/c1-3-13(18(22)23)12-19(2,14-4-8-16(20)9-5-14)15-6-10-17(21)11-7-15/h4-11,13,20-21H,3,12H2,1-2H3,(H,22,23)/p-1. The fourth-order valence-corrected chi connectivity index (χ4v) is 2.95. The summed E-state index contributed by atoms with van der Waals surface area (Å²) in [6.07, 6.45) is 0.857. The van der Waals surface area contributed by atoms with Gasteiger partial charge in [0.25, 0.3) is 0 Å². The molecular weight excluding hydrogens is 292 g/mol. The van der Waals surface area contributed by atoms with Crippen LogP contribution in [0.3, 0.4) is 0 Å². The molecule has 0 aliphatic carbocycles. The molecule has 4 nitrogen and oxygen atoms in total. The third kappa shape index (κ3) is 3.65. The summed E-state index contributed by atoms with van der Waals surface area (Å²) in [6, 6.07) is 13.5. The summed E-state index contributed by atoms with van der Waals surface area (Å²) < 4.78 is 0. The van der Waals surface area contributed by atoms with Gasteiger partial charge in [0.15, 0.2) is 0 Å². The van der Waals surface area contributed by atoms with E-state index in [9.17, 15) is 20.1 Å². The van der Waals surface area contributed by atoms with E-state index in [1.54, 1.807) is 48.5 Å². The van der Waals surface area contributed by atoms with Crippen molar-refractivity contribution in [3.8, 4) is 11.5 Å². The van der Waals surface area contributed by atoms with Crippen molar-refractivity contribution in [2.75, 3.05) is 0 Å². The van der Waals surface area contributed by atoms with Crippen molar-refractivity contribution in [1.82, 2.24) is 0 Å². The van der Waals surface area contributed by atoms with Crippen molar-refractivity contribution >= 4 is 5.97 Å². The summed E-state index contributed by atoms with van der Waals surface area (Å²) in [4.78, 5) is 11.4. The number of carboxylic acids is 1. The van der Waals surface area contributed by atoms with E-state index < -0.39 is 17.3 Å². The summed E-state index contributed by atoms with van der Waals surface area (Å²) >= 11 is 0. The van der Waals surface area contributed by atoms with Crippen LogP contribution >= 0.6 is 0 Å². The lowest BCUT2D eigenvalue weighted by Crippen LogP contribution is -2.36. The Morgan fingerprint density at radius 1 is 1.00 bits per heavy atom. The number of aliphatic carboxylic acids is 1. The van der Waals surface area contributed by atoms with Gasteiger partial charge < -0.3 is 20.1 Å². The van der Waals surface area contributed by atoms with Gasteiger partial charge in [0.2, 0.25) is 0 Å². The van der Waals surface area contributed by atoms with Gasteiger partial charge in [-0.15, -0.1) is 0 Å². The van der Waals surface area contributed by atoms with Gasteiger partial charge in [-0.1, -0.05) is 38.1 Å². The average Bonchev–Trinajstić information content (AvgIpc) is 2.53. The molecule has 23 heavy (non-hydrogen) atoms. The predicted molar refractivity (Wildman–Crippen MR) is 86.1 cm³/mol. The highest BCUT2D eigenvalue weighted by atomic mass is 16.4. The first-order valence-corrected chi connectivity index (χ1v) is 7.66. The number of benzene rings is 2. The zero-order chi connectivity index (χ0) is 17.0. The van der Waals surface area contributed by atoms with Crippen LogP contribution in [-0.2, 0) is 10.2 Å². The van der Waals surface area contributed by atoms with Crippen LogP contribution in [0.25, 0.3) is 0 Å². The SMILES string of the molecule is CCC(CC(C)(c1ccc(O)cc1)c1ccc(O)cc1)C(=O)[O-]. The summed E-state index contributed by atoms with van der Waals surface area (Å²) in [5.41, 5.74) is 1.24. The first-order valence-electron chi connectivity index (χ1n) is 7.66. The summed E-state index contributed by atoms with van der Waals surface area (Å²) in [6.45, 7) is 3.80. The molecule has 0 aromatic heterocycles. The lowest BCUT2D eigenvalue weighted by atomic mass is 9.70. The van der Waals surface area contributed by atoms with E-state index in [4.69, 9.17) is 0 Å². The van der Waals surface area contributed by atoms with Gasteiger partial charge >= 0.3 is 0 Å². The fraction of sp³-hybridized carbons (Fsp3) is 0.316. The molecule has 0 aliphatic rings. The Hall–Kier alpha value is -2.49. The molecule has 0 saturated heterocycles. The minimum absolute atomic E-state index is 0.161. The van der Waals surface area contributed by atoms with Crippen LogP contribution in [0.5, 0.6) is 11.5 Å². The van der Waals surface area contributed by atoms with E-state index in [-0.39, 0.29) is 11.5 Å². The van der Waals surface area contributed by atoms with Gasteiger partial charge in [-0.2, -0.15) is 0 Å². The lowest BCUT2D eigenvalue weighted by molar-refractivity contribution is -0.312. The molecule has 122 valence electrons. The van der Waals surface area contributed by atoms with Crippen molar-refractivity contribution in [3.05, 3.63) is 59.7 Å². The van der Waals surface area contributed by atoms with Gasteiger partial charge in [-0.3, -0.25) is 0 Å². The molecule has 2 aromatic rings. The van der Waals surface area contributed by atoms with Gasteiger partial charge in [-0.25, -0.2) is 0 Å². The number of aromatic hydroxyl groups is 2. The Balaban J connectivity index is 2.51. The van der Waals surface area contributed by atoms with Crippen molar-refractivity contribution in [2.24, 2.45) is 5.92 Å². The minimum atomic E-state index is -1.06. The second-order valence-electron chi connectivity index (χ2n) is 6.05. The number of carbonyl (C=O) groups excluding carboxylic acids is 1. The van der Waals surface area contributed by atoms with E-state index >= 15 is 0 Å². The third-order valence-electron chi connectivity index (χ3n) is 4.49. The number of carbonyl (C=O) groups is 1. The number of hydrogen-bond acceptors (Lipinski definition) is 4. The van der Waals surface area contributed by atoms with Gasteiger partial charge in [-0.05, 0) is 54.2 Å². The quantitative estimate of drug-likeness (QED) is 0.859. The van der Waals surface area contributed by atoms with Crippen LogP contribution in [-0.4, -0.2) is 16.2 Å². The number of phenols is 2. The van der Waals surface area contributed by atoms with Crippen LogP contribution in [0.1, 0.15) is 37.8 Å². The maximum Gasteiger partial charge on any atom is 0.115 e. The Morgan fingerprint density at radius 3 is 1.70 bits per heavy atom. The normalized spacial score (nSPS) is 12.8. The van der Waals surface area contributed by atoms with Crippen molar-refractivity contribution in [2.45, 2.75) is 32.1 Å². The lowest BCUT2D eigenvalue weighted by Gasteiger charge is -2.35. The molecule has 2 rings (SSSR count). The highest BCUT2D eigenvalue weighted by Gasteiger charge is 2.32. The molecule has 0 saturated carbocycles. The van der Waals surface area contributed by atoms with Crippen molar-refractivity contribution < 1.29 is 20.1 Å². The Bertz CT molecular complexity index is 613. The smallest absolute Gasteiger partial charge is 0.115 e. The third-order valence-corrected chi connectivity index (χ3v) is 4.49. The molecule has 0 amide bonds. The first kappa shape index (κ1) is 16.9. The molecule has 0 bridgehead atoms. The maximum atomic E-state index is 11.4. The molecular formula is C19H21O4-.